The molecule has 1 heterocycles. The van der Waals surface area contributed by atoms with Gasteiger partial charge in [-0.2, -0.15) is 0 Å². The van der Waals surface area contributed by atoms with Crippen molar-refractivity contribution < 1.29 is 23.8 Å². The van der Waals surface area contributed by atoms with Gasteiger partial charge in [0.05, 0.1) is 16.6 Å². The number of carbonyl (C=O) groups excluding carboxylic acids is 2. The number of phenols is 1. The molecule has 2 aromatic carbocycles. The van der Waals surface area contributed by atoms with Crippen molar-refractivity contribution in [2.24, 2.45) is 0 Å². The summed E-state index contributed by atoms with van der Waals surface area (Å²) in [6.45, 7) is 4.77. The first-order chi connectivity index (χ1) is 12.3. The number of fused-ring (bicyclic) bond motifs is 1. The van der Waals surface area contributed by atoms with Gasteiger partial charge < -0.3 is 9.84 Å². The smallest absolute Gasteiger partial charge is 0.308 e. The standard InChI is InChI=1S/C20H18FNO4/c1-4-15-17(24)9-8-16-18(15)19(26-12(3)23)11(2)22(16)20(25)13-6-5-7-14(21)10-13/h5-10,24H,4H2,1-3H3. The minimum atomic E-state index is -0.532. The van der Waals surface area contributed by atoms with E-state index in [9.17, 15) is 19.1 Å². The number of esters is 1. The Balaban J connectivity index is 2.34. The van der Waals surface area contributed by atoms with Crippen molar-refractivity contribution in [2.45, 2.75) is 27.2 Å². The van der Waals surface area contributed by atoms with Crippen LogP contribution in [0, 0.1) is 12.7 Å². The van der Waals surface area contributed by atoms with Crippen LogP contribution in [0.4, 0.5) is 4.39 Å². The second-order valence-electron chi connectivity index (χ2n) is 5.97. The number of benzene rings is 2. The number of hydrogen-bond donors (Lipinski definition) is 1. The molecule has 0 fully saturated rings. The normalized spacial score (nSPS) is 10.9. The van der Waals surface area contributed by atoms with Gasteiger partial charge in [-0.25, -0.2) is 4.39 Å². The highest BCUT2D eigenvalue weighted by Gasteiger charge is 2.25. The largest absolute Gasteiger partial charge is 0.508 e. The third-order valence-corrected chi connectivity index (χ3v) is 4.27. The highest BCUT2D eigenvalue weighted by Crippen LogP contribution is 2.39. The Labute approximate surface area is 149 Å². The van der Waals surface area contributed by atoms with Gasteiger partial charge >= 0.3 is 5.97 Å². The van der Waals surface area contributed by atoms with E-state index < -0.39 is 17.7 Å². The molecular formula is C20H18FNO4. The van der Waals surface area contributed by atoms with Crippen LogP contribution in [0.1, 0.15) is 35.5 Å². The molecule has 0 bridgehead atoms. The quantitative estimate of drug-likeness (QED) is 0.722. The summed E-state index contributed by atoms with van der Waals surface area (Å²) in [6, 6.07) is 8.47. The third kappa shape index (κ3) is 2.83. The average Bonchev–Trinajstić information content (AvgIpc) is 2.86. The van der Waals surface area contributed by atoms with E-state index in [0.717, 1.165) is 6.07 Å². The van der Waals surface area contributed by atoms with Gasteiger partial charge in [-0.1, -0.05) is 13.0 Å². The molecular weight excluding hydrogens is 337 g/mol. The van der Waals surface area contributed by atoms with Crippen LogP contribution in [-0.4, -0.2) is 21.6 Å². The first-order valence-corrected chi connectivity index (χ1v) is 8.19. The number of phenolic OH excluding ortho intramolecular Hbond substituents is 1. The number of carbonyl (C=O) groups is 2. The van der Waals surface area contributed by atoms with Gasteiger partial charge in [-0.3, -0.25) is 14.2 Å². The van der Waals surface area contributed by atoms with Gasteiger partial charge in [0, 0.05) is 18.1 Å². The van der Waals surface area contributed by atoms with Gasteiger partial charge in [-0.15, -0.1) is 0 Å². The molecule has 0 atom stereocenters. The maximum Gasteiger partial charge on any atom is 0.308 e. The molecule has 5 nitrogen and oxygen atoms in total. The number of ether oxygens (including phenoxy) is 1. The monoisotopic (exact) mass is 355 g/mol. The Hall–Kier alpha value is -3.15. The van der Waals surface area contributed by atoms with Crippen LogP contribution in [0.25, 0.3) is 10.9 Å². The maximum atomic E-state index is 13.5. The van der Waals surface area contributed by atoms with Crippen molar-refractivity contribution in [3.8, 4) is 11.5 Å². The summed E-state index contributed by atoms with van der Waals surface area (Å²) < 4.78 is 20.3. The molecule has 26 heavy (non-hydrogen) atoms. The summed E-state index contributed by atoms with van der Waals surface area (Å²) in [5, 5.41) is 10.7. The zero-order valence-electron chi connectivity index (χ0n) is 14.7. The summed E-state index contributed by atoms with van der Waals surface area (Å²) in [4.78, 5) is 24.6. The Morgan fingerprint density at radius 2 is 1.96 bits per heavy atom. The topological polar surface area (TPSA) is 68.5 Å². The van der Waals surface area contributed by atoms with Crippen LogP contribution in [-0.2, 0) is 11.2 Å². The van der Waals surface area contributed by atoms with Gasteiger partial charge in [-0.05, 0) is 43.7 Å². The van der Waals surface area contributed by atoms with E-state index >= 15 is 0 Å². The van der Waals surface area contributed by atoms with E-state index in [1.54, 1.807) is 13.0 Å². The fourth-order valence-electron chi connectivity index (χ4n) is 3.17. The van der Waals surface area contributed by atoms with E-state index in [2.05, 4.69) is 0 Å². The summed E-state index contributed by atoms with van der Waals surface area (Å²) in [5.74, 6) is -1.21. The maximum absolute atomic E-state index is 13.5. The zero-order valence-corrected chi connectivity index (χ0v) is 14.7. The summed E-state index contributed by atoms with van der Waals surface area (Å²) in [7, 11) is 0. The van der Waals surface area contributed by atoms with Crippen LogP contribution in [0.2, 0.25) is 0 Å². The predicted octanol–water partition coefficient (Wildman–Crippen LogP) is 3.97. The van der Waals surface area contributed by atoms with Crippen LogP contribution < -0.4 is 4.74 Å². The number of hydrogen-bond acceptors (Lipinski definition) is 4. The first-order valence-electron chi connectivity index (χ1n) is 8.19. The second-order valence-corrected chi connectivity index (χ2v) is 5.97. The van der Waals surface area contributed by atoms with E-state index in [1.807, 2.05) is 6.92 Å². The van der Waals surface area contributed by atoms with Crippen molar-refractivity contribution in [1.82, 2.24) is 4.57 Å². The number of aromatic nitrogens is 1. The molecule has 0 unspecified atom stereocenters. The number of rotatable bonds is 3. The fraction of sp³-hybridized carbons (Fsp3) is 0.200. The Bertz CT molecular complexity index is 1040. The zero-order chi connectivity index (χ0) is 19.0. The number of aryl methyl sites for hydroxylation is 1. The fourth-order valence-corrected chi connectivity index (χ4v) is 3.17. The van der Waals surface area contributed by atoms with Crippen LogP contribution in [0.15, 0.2) is 36.4 Å². The molecule has 0 amide bonds. The molecule has 0 aliphatic rings. The van der Waals surface area contributed by atoms with E-state index in [0.29, 0.717) is 28.6 Å². The molecule has 3 rings (SSSR count). The highest BCUT2D eigenvalue weighted by atomic mass is 19.1. The molecule has 1 aromatic heterocycles. The van der Waals surface area contributed by atoms with Crippen molar-refractivity contribution in [2.75, 3.05) is 0 Å². The van der Waals surface area contributed by atoms with Crippen LogP contribution >= 0.6 is 0 Å². The molecule has 0 spiro atoms. The predicted molar refractivity (Wildman–Crippen MR) is 95.2 cm³/mol. The molecule has 0 saturated heterocycles. The van der Waals surface area contributed by atoms with Crippen molar-refractivity contribution in [1.29, 1.82) is 0 Å². The van der Waals surface area contributed by atoms with Gasteiger partial charge in [0.2, 0.25) is 0 Å². The Kier molecular flexibility index (Phi) is 4.50. The first kappa shape index (κ1) is 17.7. The molecule has 0 aliphatic carbocycles. The van der Waals surface area contributed by atoms with E-state index in [4.69, 9.17) is 4.74 Å². The van der Waals surface area contributed by atoms with Gasteiger partial charge in [0.25, 0.3) is 5.91 Å². The van der Waals surface area contributed by atoms with Crippen molar-refractivity contribution >= 4 is 22.8 Å². The highest BCUT2D eigenvalue weighted by molar-refractivity contribution is 6.06. The van der Waals surface area contributed by atoms with Crippen LogP contribution in [0.5, 0.6) is 11.5 Å². The molecule has 0 radical (unpaired) electrons. The number of nitrogens with zero attached hydrogens (tertiary/aromatic N) is 1. The lowest BCUT2D eigenvalue weighted by molar-refractivity contribution is -0.131. The molecule has 0 aliphatic heterocycles. The lowest BCUT2D eigenvalue weighted by Crippen LogP contribution is -2.14. The van der Waals surface area contributed by atoms with E-state index in [1.165, 1.54) is 35.8 Å². The van der Waals surface area contributed by atoms with E-state index in [-0.39, 0.29) is 17.1 Å². The minimum Gasteiger partial charge on any atom is -0.508 e. The van der Waals surface area contributed by atoms with Gasteiger partial charge in [0.15, 0.2) is 5.75 Å². The molecule has 1 N–H and O–H groups in total. The third-order valence-electron chi connectivity index (χ3n) is 4.27. The summed E-state index contributed by atoms with van der Waals surface area (Å²) >= 11 is 0. The summed E-state index contributed by atoms with van der Waals surface area (Å²) in [6.07, 6.45) is 0.481. The molecule has 134 valence electrons. The van der Waals surface area contributed by atoms with Gasteiger partial charge in [0.1, 0.15) is 11.6 Å². The lowest BCUT2D eigenvalue weighted by Gasteiger charge is -2.08. The summed E-state index contributed by atoms with van der Waals surface area (Å²) in [5.41, 5.74) is 1.64. The van der Waals surface area contributed by atoms with Crippen molar-refractivity contribution in [3.63, 3.8) is 0 Å². The molecule has 0 saturated carbocycles. The SMILES string of the molecule is CCc1c(O)ccc2c1c(OC(C)=O)c(C)n2C(=O)c1cccc(F)c1. The minimum absolute atomic E-state index is 0.0590. The average molecular weight is 355 g/mol. The molecule has 6 heteroatoms. The second kappa shape index (κ2) is 6.63. The number of aromatic hydroxyl groups is 1. The number of halogens is 1. The van der Waals surface area contributed by atoms with Crippen LogP contribution in [0.3, 0.4) is 0 Å². The molecule has 3 aromatic rings. The van der Waals surface area contributed by atoms with Crippen molar-refractivity contribution in [3.05, 3.63) is 59.0 Å². The Morgan fingerprint density at radius 1 is 1.23 bits per heavy atom. The lowest BCUT2D eigenvalue weighted by atomic mass is 10.1. The Morgan fingerprint density at radius 3 is 2.58 bits per heavy atom.